The zero-order valence-corrected chi connectivity index (χ0v) is 11.9. The number of hydrogen-bond acceptors (Lipinski definition) is 4. The van der Waals surface area contributed by atoms with Crippen LogP contribution in [0, 0.1) is 5.92 Å². The average Bonchev–Trinajstić information content (AvgIpc) is 3.18. The highest BCUT2D eigenvalue weighted by molar-refractivity contribution is 5.76. The van der Waals surface area contributed by atoms with Crippen LogP contribution in [0.3, 0.4) is 0 Å². The van der Waals surface area contributed by atoms with E-state index in [4.69, 9.17) is 0 Å². The van der Waals surface area contributed by atoms with Gasteiger partial charge >= 0.3 is 0 Å². The molecule has 1 amide bonds. The van der Waals surface area contributed by atoms with Crippen LogP contribution >= 0.6 is 0 Å². The summed E-state index contributed by atoms with van der Waals surface area (Å²) < 4.78 is 1.72. The van der Waals surface area contributed by atoms with Crippen molar-refractivity contribution in [2.45, 2.75) is 44.7 Å². The molecule has 6 heteroatoms. The fraction of sp³-hybridized carbons (Fsp3) is 0.786. The Kier molecular flexibility index (Phi) is 4.30. The maximum atomic E-state index is 12.3. The number of nitrogens with one attached hydrogen (secondary N) is 1. The van der Waals surface area contributed by atoms with Gasteiger partial charge in [-0.05, 0) is 38.1 Å². The lowest BCUT2D eigenvalue weighted by Crippen LogP contribution is -2.46. The maximum absolute atomic E-state index is 12.3. The molecule has 0 bridgehead atoms. The Hall–Kier alpha value is -1.43. The zero-order valence-electron chi connectivity index (χ0n) is 11.9. The highest BCUT2D eigenvalue weighted by Gasteiger charge is 2.30. The summed E-state index contributed by atoms with van der Waals surface area (Å²) >= 11 is 0. The third-order valence-corrected chi connectivity index (χ3v) is 4.50. The van der Waals surface area contributed by atoms with Crippen LogP contribution in [0.4, 0.5) is 0 Å². The van der Waals surface area contributed by atoms with Gasteiger partial charge in [-0.25, -0.2) is 0 Å². The number of hydrogen-bond donors (Lipinski definition) is 1. The number of aromatic nitrogens is 3. The summed E-state index contributed by atoms with van der Waals surface area (Å²) in [6, 6.07) is 0.626. The van der Waals surface area contributed by atoms with E-state index in [9.17, 15) is 4.79 Å². The summed E-state index contributed by atoms with van der Waals surface area (Å²) in [5, 5.41) is 11.2. The maximum Gasteiger partial charge on any atom is 0.224 e. The summed E-state index contributed by atoms with van der Waals surface area (Å²) in [5.41, 5.74) is 0. The van der Waals surface area contributed by atoms with Gasteiger partial charge in [-0.1, -0.05) is 5.21 Å². The van der Waals surface area contributed by atoms with E-state index < -0.39 is 0 Å². The van der Waals surface area contributed by atoms with Crippen molar-refractivity contribution in [2.24, 2.45) is 5.92 Å². The first-order chi connectivity index (χ1) is 9.83. The molecule has 3 rings (SSSR count). The molecule has 6 nitrogen and oxygen atoms in total. The van der Waals surface area contributed by atoms with E-state index in [1.807, 2.05) is 4.90 Å². The predicted octanol–water partition coefficient (Wildman–Crippen LogP) is 0.659. The number of amides is 1. The Balaban J connectivity index is 1.49. The molecule has 2 atom stereocenters. The number of likely N-dealkylation sites (tertiary alicyclic amines) is 1. The Morgan fingerprint density at radius 2 is 2.30 bits per heavy atom. The first-order valence-corrected chi connectivity index (χ1v) is 7.68. The third-order valence-electron chi connectivity index (χ3n) is 4.50. The molecule has 2 saturated heterocycles. The normalized spacial score (nSPS) is 26.9. The van der Waals surface area contributed by atoms with Gasteiger partial charge in [-0.2, -0.15) is 0 Å². The molecule has 0 spiro atoms. The summed E-state index contributed by atoms with van der Waals surface area (Å²) in [7, 11) is 0. The van der Waals surface area contributed by atoms with E-state index in [-0.39, 0.29) is 5.91 Å². The van der Waals surface area contributed by atoms with Crippen LogP contribution in [0.1, 0.15) is 32.1 Å². The third kappa shape index (κ3) is 3.17. The van der Waals surface area contributed by atoms with Gasteiger partial charge in [-0.15, -0.1) is 5.10 Å². The van der Waals surface area contributed by atoms with Crippen molar-refractivity contribution >= 4 is 5.91 Å². The van der Waals surface area contributed by atoms with Crippen molar-refractivity contribution in [1.29, 1.82) is 0 Å². The lowest BCUT2D eigenvalue weighted by molar-refractivity contribution is -0.133. The average molecular weight is 277 g/mol. The van der Waals surface area contributed by atoms with Gasteiger partial charge in [0, 0.05) is 31.7 Å². The van der Waals surface area contributed by atoms with Gasteiger partial charge in [0.15, 0.2) is 0 Å². The number of aryl methyl sites for hydroxylation is 1. The highest BCUT2D eigenvalue weighted by Crippen LogP contribution is 2.25. The summed E-state index contributed by atoms with van der Waals surface area (Å²) in [5.74, 6) is 0.893. The smallest absolute Gasteiger partial charge is 0.224 e. The largest absolute Gasteiger partial charge is 0.342 e. The fourth-order valence-electron chi connectivity index (χ4n) is 3.40. The quantitative estimate of drug-likeness (QED) is 0.878. The van der Waals surface area contributed by atoms with Gasteiger partial charge in [0.2, 0.25) is 5.91 Å². The summed E-state index contributed by atoms with van der Waals surface area (Å²) in [6.45, 7) is 3.61. The molecule has 2 aliphatic rings. The molecule has 2 fully saturated rings. The number of rotatable bonds is 4. The Labute approximate surface area is 119 Å². The first-order valence-electron chi connectivity index (χ1n) is 7.68. The van der Waals surface area contributed by atoms with Gasteiger partial charge in [0.25, 0.3) is 0 Å². The second-order valence-corrected chi connectivity index (χ2v) is 5.86. The minimum Gasteiger partial charge on any atom is -0.342 e. The van der Waals surface area contributed by atoms with Gasteiger partial charge in [-0.3, -0.25) is 9.48 Å². The van der Waals surface area contributed by atoms with Crippen LogP contribution in [0.2, 0.25) is 0 Å². The van der Waals surface area contributed by atoms with Gasteiger partial charge in [0.05, 0.1) is 12.7 Å². The van der Waals surface area contributed by atoms with Crippen molar-refractivity contribution < 1.29 is 4.79 Å². The monoisotopic (exact) mass is 277 g/mol. The molecule has 0 radical (unpaired) electrons. The number of nitrogens with zero attached hydrogens (tertiary/aromatic N) is 4. The van der Waals surface area contributed by atoms with Crippen LogP contribution in [-0.2, 0) is 11.3 Å². The highest BCUT2D eigenvalue weighted by atomic mass is 16.2. The van der Waals surface area contributed by atoms with E-state index in [2.05, 4.69) is 15.6 Å². The lowest BCUT2D eigenvalue weighted by atomic mass is 9.89. The molecular weight excluding hydrogens is 254 g/mol. The molecule has 1 aromatic heterocycles. The standard InChI is InChI=1S/C14H23N5O/c20-14(5-9-19-10-7-16-17-19)18-8-2-3-12(11-18)13-4-1-6-15-13/h7,10,12-13,15H,1-6,8-9,11H2. The van der Waals surface area contributed by atoms with Crippen LogP contribution in [0.25, 0.3) is 0 Å². The van der Waals surface area contributed by atoms with Crippen molar-refractivity contribution in [2.75, 3.05) is 19.6 Å². The molecule has 2 aliphatic heterocycles. The van der Waals surface area contributed by atoms with E-state index in [0.29, 0.717) is 24.9 Å². The number of carbonyl (C=O) groups excluding carboxylic acids is 1. The van der Waals surface area contributed by atoms with Crippen LogP contribution in [-0.4, -0.2) is 51.5 Å². The second-order valence-electron chi connectivity index (χ2n) is 5.86. The predicted molar refractivity (Wildman–Crippen MR) is 75.0 cm³/mol. The molecule has 1 aromatic rings. The molecule has 1 N–H and O–H groups in total. The number of carbonyl (C=O) groups is 1. The van der Waals surface area contributed by atoms with Crippen LogP contribution in [0.15, 0.2) is 12.4 Å². The summed E-state index contributed by atoms with van der Waals surface area (Å²) in [4.78, 5) is 14.3. The first kappa shape index (κ1) is 13.5. The minimum absolute atomic E-state index is 0.253. The van der Waals surface area contributed by atoms with Crippen LogP contribution in [0.5, 0.6) is 0 Å². The number of piperidine rings is 1. The van der Waals surface area contributed by atoms with E-state index in [0.717, 1.165) is 26.1 Å². The van der Waals surface area contributed by atoms with E-state index in [1.54, 1.807) is 17.1 Å². The Bertz CT molecular complexity index is 427. The van der Waals surface area contributed by atoms with Crippen LogP contribution < -0.4 is 5.32 Å². The van der Waals surface area contributed by atoms with Crippen molar-refractivity contribution in [1.82, 2.24) is 25.2 Å². The summed E-state index contributed by atoms with van der Waals surface area (Å²) in [6.07, 6.45) is 8.91. The second kappa shape index (κ2) is 6.35. The van der Waals surface area contributed by atoms with Crippen molar-refractivity contribution in [3.63, 3.8) is 0 Å². The topological polar surface area (TPSA) is 63.1 Å². The van der Waals surface area contributed by atoms with E-state index >= 15 is 0 Å². The zero-order chi connectivity index (χ0) is 13.8. The Morgan fingerprint density at radius 3 is 3.05 bits per heavy atom. The lowest BCUT2D eigenvalue weighted by Gasteiger charge is -2.36. The SMILES string of the molecule is O=C(CCn1ccnn1)N1CCCC(C2CCCN2)C1. The molecule has 0 aromatic carbocycles. The molecule has 0 aliphatic carbocycles. The van der Waals surface area contributed by atoms with Crippen molar-refractivity contribution in [3.8, 4) is 0 Å². The Morgan fingerprint density at radius 1 is 1.35 bits per heavy atom. The van der Waals surface area contributed by atoms with Gasteiger partial charge in [0.1, 0.15) is 0 Å². The molecule has 2 unspecified atom stereocenters. The molecule has 0 saturated carbocycles. The molecular formula is C14H23N5O. The molecule has 20 heavy (non-hydrogen) atoms. The molecule has 3 heterocycles. The van der Waals surface area contributed by atoms with E-state index in [1.165, 1.54) is 19.3 Å². The van der Waals surface area contributed by atoms with Gasteiger partial charge < -0.3 is 10.2 Å². The molecule has 110 valence electrons. The van der Waals surface area contributed by atoms with Crippen molar-refractivity contribution in [3.05, 3.63) is 12.4 Å². The minimum atomic E-state index is 0.253. The fourth-order valence-corrected chi connectivity index (χ4v) is 3.40.